The van der Waals surface area contributed by atoms with Gasteiger partial charge in [0.1, 0.15) is 5.82 Å². The van der Waals surface area contributed by atoms with Crippen molar-refractivity contribution in [1.82, 2.24) is 9.55 Å². The molecule has 2 aromatic carbocycles. The van der Waals surface area contributed by atoms with Crippen LogP contribution in [0.2, 0.25) is 5.02 Å². The lowest BCUT2D eigenvalue weighted by Crippen LogP contribution is -2.12. The van der Waals surface area contributed by atoms with Gasteiger partial charge in [0, 0.05) is 24.2 Å². The predicted octanol–water partition coefficient (Wildman–Crippen LogP) is 4.77. The van der Waals surface area contributed by atoms with Crippen molar-refractivity contribution in [2.24, 2.45) is 0 Å². The number of nitrogens with one attached hydrogen (secondary N) is 1. The number of ether oxygens (including phenoxy) is 1. The molecule has 28 heavy (non-hydrogen) atoms. The van der Waals surface area contributed by atoms with Crippen LogP contribution in [0.3, 0.4) is 0 Å². The highest BCUT2D eigenvalue weighted by Crippen LogP contribution is 2.35. The van der Waals surface area contributed by atoms with Crippen molar-refractivity contribution in [1.29, 1.82) is 0 Å². The van der Waals surface area contributed by atoms with Crippen LogP contribution >= 0.6 is 11.6 Å². The van der Waals surface area contributed by atoms with Gasteiger partial charge < -0.3 is 19.7 Å². The molecule has 0 saturated carbocycles. The van der Waals surface area contributed by atoms with E-state index in [2.05, 4.69) is 9.88 Å². The summed E-state index contributed by atoms with van der Waals surface area (Å²) in [5.41, 5.74) is 2.95. The molecular formula is C21H22ClN3O3. The molecule has 0 radical (unpaired) electrons. The first-order chi connectivity index (χ1) is 13.6. The molecule has 0 aliphatic carbocycles. The number of rotatable bonds is 4. The molecular weight excluding hydrogens is 378 g/mol. The topological polar surface area (TPSA) is 76.4 Å². The molecule has 1 aliphatic rings. The zero-order chi connectivity index (χ0) is 19.7. The first-order valence-corrected chi connectivity index (χ1v) is 9.90. The van der Waals surface area contributed by atoms with Crippen molar-refractivity contribution >= 4 is 34.2 Å². The van der Waals surface area contributed by atoms with Gasteiger partial charge in [-0.2, -0.15) is 0 Å². The van der Waals surface area contributed by atoms with E-state index in [1.54, 1.807) is 6.92 Å². The fourth-order valence-electron chi connectivity index (χ4n) is 3.60. The van der Waals surface area contributed by atoms with Gasteiger partial charge in [-0.1, -0.05) is 18.0 Å². The maximum atomic E-state index is 12.7. The molecule has 0 fully saturated rings. The number of hydrogen-bond acceptors (Lipinski definition) is 4. The predicted molar refractivity (Wildman–Crippen MR) is 110 cm³/mol. The SMILES string of the molecule is CCOc1cc(C(=O)Nc2ccc3c(c2)nc2n3CCCCC2)cc(Cl)c1O. The number of nitrogens with zero attached hydrogens (tertiary/aromatic N) is 2. The lowest BCUT2D eigenvalue weighted by molar-refractivity contribution is 0.102. The average Bonchev–Trinajstić information content (AvgIpc) is 2.85. The van der Waals surface area contributed by atoms with Crippen LogP contribution in [0.4, 0.5) is 5.69 Å². The molecule has 146 valence electrons. The van der Waals surface area contributed by atoms with Crippen LogP contribution in [-0.4, -0.2) is 27.2 Å². The second-order valence-electron chi connectivity index (χ2n) is 6.89. The molecule has 0 atom stereocenters. The van der Waals surface area contributed by atoms with Gasteiger partial charge in [-0.05, 0) is 50.1 Å². The Morgan fingerprint density at radius 3 is 2.96 bits per heavy atom. The van der Waals surface area contributed by atoms with E-state index in [1.165, 1.54) is 25.0 Å². The largest absolute Gasteiger partial charge is 0.503 e. The smallest absolute Gasteiger partial charge is 0.255 e. The normalized spacial score (nSPS) is 13.8. The number of carbonyl (C=O) groups excluding carboxylic acids is 1. The number of imidazole rings is 1. The number of halogens is 1. The number of phenolic OH excluding ortho intramolecular Hbond substituents is 1. The third-order valence-electron chi connectivity index (χ3n) is 4.96. The lowest BCUT2D eigenvalue weighted by atomic mass is 10.1. The minimum absolute atomic E-state index is 0.0735. The van der Waals surface area contributed by atoms with Crippen molar-refractivity contribution in [2.45, 2.75) is 39.2 Å². The maximum absolute atomic E-state index is 12.7. The molecule has 0 saturated heterocycles. The summed E-state index contributed by atoms with van der Waals surface area (Å²) in [4.78, 5) is 17.4. The second kappa shape index (κ2) is 7.72. The summed E-state index contributed by atoms with van der Waals surface area (Å²) >= 11 is 6.03. The molecule has 0 bridgehead atoms. The van der Waals surface area contributed by atoms with Gasteiger partial charge in [0.15, 0.2) is 11.5 Å². The first kappa shape index (κ1) is 18.6. The molecule has 3 aromatic rings. The third kappa shape index (κ3) is 3.52. The number of fused-ring (bicyclic) bond motifs is 3. The van der Waals surface area contributed by atoms with Crippen molar-refractivity contribution in [3.05, 3.63) is 46.7 Å². The molecule has 6 nitrogen and oxygen atoms in total. The van der Waals surface area contributed by atoms with Gasteiger partial charge in [0.05, 0.1) is 22.7 Å². The van der Waals surface area contributed by atoms with Crippen LogP contribution in [0.1, 0.15) is 42.4 Å². The number of hydrogen-bond donors (Lipinski definition) is 2. The Balaban J connectivity index is 1.60. The van der Waals surface area contributed by atoms with Crippen LogP contribution in [0.15, 0.2) is 30.3 Å². The molecule has 2 N–H and O–H groups in total. The zero-order valence-electron chi connectivity index (χ0n) is 15.7. The van der Waals surface area contributed by atoms with Crippen molar-refractivity contribution in [3.8, 4) is 11.5 Å². The monoisotopic (exact) mass is 399 g/mol. The van der Waals surface area contributed by atoms with Crippen LogP contribution < -0.4 is 10.1 Å². The van der Waals surface area contributed by atoms with Crippen LogP contribution in [0, 0.1) is 0 Å². The van der Waals surface area contributed by atoms with E-state index in [9.17, 15) is 9.90 Å². The van der Waals surface area contributed by atoms with Gasteiger partial charge in [0.25, 0.3) is 5.91 Å². The lowest BCUT2D eigenvalue weighted by Gasteiger charge is -2.11. The fourth-order valence-corrected chi connectivity index (χ4v) is 3.81. The van der Waals surface area contributed by atoms with Gasteiger partial charge in [0.2, 0.25) is 0 Å². The molecule has 4 rings (SSSR count). The average molecular weight is 400 g/mol. The minimum atomic E-state index is -0.331. The van der Waals surface area contributed by atoms with Crippen LogP contribution in [0.5, 0.6) is 11.5 Å². The van der Waals surface area contributed by atoms with Crippen LogP contribution in [0.25, 0.3) is 11.0 Å². The number of aromatic nitrogens is 2. The number of benzene rings is 2. The Morgan fingerprint density at radius 2 is 2.14 bits per heavy atom. The van der Waals surface area contributed by atoms with Crippen molar-refractivity contribution in [2.75, 3.05) is 11.9 Å². The summed E-state index contributed by atoms with van der Waals surface area (Å²) < 4.78 is 7.63. The standard InChI is InChI=1S/C21H22ClN3O3/c1-2-28-18-11-13(10-15(22)20(18)26)21(27)23-14-7-8-17-16(12-14)24-19-6-4-3-5-9-25(17)19/h7-8,10-12,26H,2-6,9H2,1H3,(H,23,27). The van der Waals surface area contributed by atoms with E-state index in [0.717, 1.165) is 36.2 Å². The minimum Gasteiger partial charge on any atom is -0.503 e. The fraction of sp³-hybridized carbons (Fsp3) is 0.333. The summed E-state index contributed by atoms with van der Waals surface area (Å²) in [5.74, 6) is 0.806. The maximum Gasteiger partial charge on any atom is 0.255 e. The van der Waals surface area contributed by atoms with E-state index in [4.69, 9.17) is 21.3 Å². The molecule has 7 heteroatoms. The number of anilines is 1. The summed E-state index contributed by atoms with van der Waals surface area (Å²) in [6.45, 7) is 3.14. The Labute approximate surface area is 168 Å². The summed E-state index contributed by atoms with van der Waals surface area (Å²) in [6, 6.07) is 8.68. The van der Waals surface area contributed by atoms with Gasteiger partial charge in [-0.15, -0.1) is 0 Å². The molecule has 1 amide bonds. The van der Waals surface area contributed by atoms with Gasteiger partial charge in [-0.25, -0.2) is 4.98 Å². The van der Waals surface area contributed by atoms with Gasteiger partial charge in [-0.3, -0.25) is 4.79 Å². The van der Waals surface area contributed by atoms with E-state index in [-0.39, 0.29) is 22.4 Å². The molecule has 0 spiro atoms. The highest BCUT2D eigenvalue weighted by atomic mass is 35.5. The number of aromatic hydroxyl groups is 1. The highest BCUT2D eigenvalue weighted by molar-refractivity contribution is 6.32. The number of phenols is 1. The number of amides is 1. The Kier molecular flexibility index (Phi) is 5.13. The van der Waals surface area contributed by atoms with Crippen LogP contribution in [-0.2, 0) is 13.0 Å². The van der Waals surface area contributed by atoms with Crippen molar-refractivity contribution in [3.63, 3.8) is 0 Å². The zero-order valence-corrected chi connectivity index (χ0v) is 16.4. The summed E-state index contributed by atoms with van der Waals surface area (Å²) in [7, 11) is 0. The quantitative estimate of drug-likeness (QED) is 0.662. The van der Waals surface area contributed by atoms with E-state index in [1.807, 2.05) is 18.2 Å². The Morgan fingerprint density at radius 1 is 1.29 bits per heavy atom. The van der Waals surface area contributed by atoms with E-state index < -0.39 is 0 Å². The highest BCUT2D eigenvalue weighted by Gasteiger charge is 2.17. The second-order valence-corrected chi connectivity index (χ2v) is 7.29. The summed E-state index contributed by atoms with van der Waals surface area (Å²) in [6.07, 6.45) is 4.55. The molecule has 0 unspecified atom stereocenters. The number of aryl methyl sites for hydroxylation is 2. The molecule has 2 heterocycles. The Bertz CT molecular complexity index is 1050. The van der Waals surface area contributed by atoms with E-state index >= 15 is 0 Å². The molecule has 1 aliphatic heterocycles. The first-order valence-electron chi connectivity index (χ1n) is 9.52. The number of carbonyl (C=O) groups is 1. The third-order valence-corrected chi connectivity index (χ3v) is 5.25. The summed E-state index contributed by atoms with van der Waals surface area (Å²) in [5, 5.41) is 12.9. The molecule has 1 aromatic heterocycles. The Hall–Kier alpha value is -2.73. The van der Waals surface area contributed by atoms with Crippen molar-refractivity contribution < 1.29 is 14.6 Å². The van der Waals surface area contributed by atoms with Gasteiger partial charge >= 0.3 is 0 Å². The van der Waals surface area contributed by atoms with E-state index in [0.29, 0.717) is 17.9 Å².